The third-order valence-electron chi connectivity index (χ3n) is 5.64. The highest BCUT2D eigenvalue weighted by Gasteiger charge is 2.63. The standard InChI is InChI=1S/C23H28O7/c1-26-20-19(24)22-29-18(14-27-12-16-8-4-2-5-9-16)23(25,21(20)30-22)15-28-13-17-10-6-3-7-11-17/h2-11,18-22,24-25H,12-15H2,1H3/t18-,19-,20-,21+,22-,23-/m1/s1. The Hall–Kier alpha value is -1.84. The molecule has 0 saturated carbocycles. The van der Waals surface area contributed by atoms with Crippen molar-refractivity contribution >= 4 is 0 Å². The first kappa shape index (κ1) is 21.4. The third kappa shape index (κ3) is 4.43. The van der Waals surface area contributed by atoms with Gasteiger partial charge in [0.05, 0.1) is 26.4 Å². The topological polar surface area (TPSA) is 86.6 Å². The van der Waals surface area contributed by atoms with Crippen LogP contribution in [0.1, 0.15) is 11.1 Å². The molecule has 7 nitrogen and oxygen atoms in total. The zero-order chi connectivity index (χ0) is 21.0. The number of benzene rings is 2. The van der Waals surface area contributed by atoms with E-state index < -0.39 is 36.3 Å². The fraction of sp³-hybridized carbons (Fsp3) is 0.478. The molecule has 2 N–H and O–H groups in total. The van der Waals surface area contributed by atoms with E-state index in [1.54, 1.807) is 0 Å². The molecule has 4 rings (SSSR count). The fourth-order valence-electron chi connectivity index (χ4n) is 4.00. The minimum atomic E-state index is -1.54. The van der Waals surface area contributed by atoms with Crippen molar-refractivity contribution in [2.45, 2.75) is 49.5 Å². The quantitative estimate of drug-likeness (QED) is 0.643. The van der Waals surface area contributed by atoms with Crippen LogP contribution in [0.15, 0.2) is 60.7 Å². The van der Waals surface area contributed by atoms with Crippen molar-refractivity contribution in [3.05, 3.63) is 71.8 Å². The monoisotopic (exact) mass is 416 g/mol. The van der Waals surface area contributed by atoms with Crippen molar-refractivity contribution in [2.24, 2.45) is 0 Å². The molecule has 162 valence electrons. The molecule has 2 fully saturated rings. The molecule has 2 aliphatic heterocycles. The van der Waals surface area contributed by atoms with Crippen LogP contribution in [0.5, 0.6) is 0 Å². The lowest BCUT2D eigenvalue weighted by Gasteiger charge is -2.44. The first-order valence-electron chi connectivity index (χ1n) is 10.1. The van der Waals surface area contributed by atoms with Crippen molar-refractivity contribution in [1.82, 2.24) is 0 Å². The maximum absolute atomic E-state index is 11.6. The molecular formula is C23H28O7. The van der Waals surface area contributed by atoms with E-state index in [1.165, 1.54) is 7.11 Å². The van der Waals surface area contributed by atoms with Crippen LogP contribution >= 0.6 is 0 Å². The van der Waals surface area contributed by atoms with Crippen LogP contribution in [0.25, 0.3) is 0 Å². The van der Waals surface area contributed by atoms with E-state index in [0.29, 0.717) is 13.2 Å². The molecule has 2 aliphatic rings. The van der Waals surface area contributed by atoms with E-state index in [-0.39, 0.29) is 13.2 Å². The molecule has 7 heteroatoms. The van der Waals surface area contributed by atoms with Gasteiger partial charge in [-0.25, -0.2) is 0 Å². The molecule has 0 unspecified atom stereocenters. The predicted molar refractivity (Wildman–Crippen MR) is 107 cm³/mol. The van der Waals surface area contributed by atoms with Gasteiger partial charge in [-0.1, -0.05) is 60.7 Å². The van der Waals surface area contributed by atoms with Crippen molar-refractivity contribution in [2.75, 3.05) is 20.3 Å². The van der Waals surface area contributed by atoms with E-state index in [4.69, 9.17) is 23.7 Å². The number of methoxy groups -OCH3 is 1. The number of aliphatic hydroxyl groups excluding tert-OH is 1. The van der Waals surface area contributed by atoms with Gasteiger partial charge in [0.1, 0.15) is 30.0 Å². The highest BCUT2D eigenvalue weighted by molar-refractivity contribution is 5.15. The fourth-order valence-corrected chi connectivity index (χ4v) is 4.00. The molecule has 30 heavy (non-hydrogen) atoms. The Bertz CT molecular complexity index is 787. The Labute approximate surface area is 176 Å². The third-order valence-corrected chi connectivity index (χ3v) is 5.64. The van der Waals surface area contributed by atoms with Gasteiger partial charge in [-0.3, -0.25) is 0 Å². The molecule has 6 atom stereocenters. The molecular weight excluding hydrogens is 388 g/mol. The SMILES string of the molecule is CO[C@@H]1[C@@H](O)[C@@H]2O[C@H](COCc3ccccc3)[C@](O)(COCc3ccccc3)[C@H]1O2. The smallest absolute Gasteiger partial charge is 0.187 e. The van der Waals surface area contributed by atoms with E-state index in [2.05, 4.69) is 0 Å². The molecule has 2 saturated heterocycles. The van der Waals surface area contributed by atoms with Crippen molar-refractivity contribution in [3.8, 4) is 0 Å². The van der Waals surface area contributed by atoms with Gasteiger partial charge in [0, 0.05) is 7.11 Å². The Morgan fingerprint density at radius 3 is 2.10 bits per heavy atom. The minimum absolute atomic E-state index is 0.0504. The van der Waals surface area contributed by atoms with Gasteiger partial charge in [0.25, 0.3) is 0 Å². The number of hydrogen-bond acceptors (Lipinski definition) is 7. The highest BCUT2D eigenvalue weighted by atomic mass is 16.7. The van der Waals surface area contributed by atoms with E-state index in [1.807, 2.05) is 60.7 Å². The summed E-state index contributed by atoms with van der Waals surface area (Å²) in [6, 6.07) is 19.5. The normalized spacial score (nSPS) is 33.0. The van der Waals surface area contributed by atoms with E-state index in [9.17, 15) is 10.2 Å². The number of rotatable bonds is 9. The van der Waals surface area contributed by atoms with Gasteiger partial charge < -0.3 is 33.9 Å². The van der Waals surface area contributed by atoms with Crippen LogP contribution < -0.4 is 0 Å². The first-order chi connectivity index (χ1) is 14.6. The summed E-state index contributed by atoms with van der Waals surface area (Å²) in [5.74, 6) is 0. The summed E-state index contributed by atoms with van der Waals surface area (Å²) >= 11 is 0. The number of ether oxygens (including phenoxy) is 5. The van der Waals surface area contributed by atoms with Crippen LogP contribution in [0.4, 0.5) is 0 Å². The van der Waals surface area contributed by atoms with Crippen LogP contribution in [0.3, 0.4) is 0 Å². The average Bonchev–Trinajstić information content (AvgIpc) is 3.06. The summed E-state index contributed by atoms with van der Waals surface area (Å²) in [4.78, 5) is 0. The Balaban J connectivity index is 1.44. The summed E-state index contributed by atoms with van der Waals surface area (Å²) < 4.78 is 28.7. The van der Waals surface area contributed by atoms with Crippen molar-refractivity contribution < 1.29 is 33.9 Å². The second-order valence-corrected chi connectivity index (χ2v) is 7.71. The second-order valence-electron chi connectivity index (χ2n) is 7.71. The number of fused-ring (bicyclic) bond motifs is 2. The Kier molecular flexibility index (Phi) is 6.80. The molecule has 2 heterocycles. The maximum atomic E-state index is 11.6. The van der Waals surface area contributed by atoms with Gasteiger partial charge in [-0.2, -0.15) is 0 Å². The van der Waals surface area contributed by atoms with Gasteiger partial charge >= 0.3 is 0 Å². The van der Waals surface area contributed by atoms with Gasteiger partial charge in [0.15, 0.2) is 6.29 Å². The zero-order valence-electron chi connectivity index (χ0n) is 16.9. The molecule has 0 aromatic heterocycles. The average molecular weight is 416 g/mol. The van der Waals surface area contributed by atoms with Crippen LogP contribution in [-0.2, 0) is 36.9 Å². The lowest BCUT2D eigenvalue weighted by molar-refractivity contribution is -0.322. The number of aliphatic hydroxyl groups is 2. The highest BCUT2D eigenvalue weighted by Crippen LogP contribution is 2.40. The minimum Gasteiger partial charge on any atom is -0.385 e. The summed E-state index contributed by atoms with van der Waals surface area (Å²) in [6.07, 6.45) is -4.13. The molecule has 0 radical (unpaired) electrons. The van der Waals surface area contributed by atoms with Crippen molar-refractivity contribution in [1.29, 1.82) is 0 Å². The summed E-state index contributed by atoms with van der Waals surface area (Å²) in [7, 11) is 1.48. The summed E-state index contributed by atoms with van der Waals surface area (Å²) in [5.41, 5.74) is 0.467. The predicted octanol–water partition coefficient (Wildman–Crippen LogP) is 1.65. The molecule has 2 bridgehead atoms. The molecule has 0 amide bonds. The zero-order valence-corrected chi connectivity index (χ0v) is 16.9. The van der Waals surface area contributed by atoms with Gasteiger partial charge in [0.2, 0.25) is 0 Å². The summed E-state index contributed by atoms with van der Waals surface area (Å²) in [5, 5.41) is 22.0. The maximum Gasteiger partial charge on any atom is 0.187 e. The van der Waals surface area contributed by atoms with Gasteiger partial charge in [-0.05, 0) is 11.1 Å². The lowest BCUT2D eigenvalue weighted by atomic mass is 9.87. The largest absolute Gasteiger partial charge is 0.385 e. The molecule has 2 aromatic carbocycles. The van der Waals surface area contributed by atoms with E-state index in [0.717, 1.165) is 11.1 Å². The van der Waals surface area contributed by atoms with Gasteiger partial charge in [-0.15, -0.1) is 0 Å². The second kappa shape index (κ2) is 9.53. The Morgan fingerprint density at radius 1 is 0.900 bits per heavy atom. The molecule has 0 aliphatic carbocycles. The van der Waals surface area contributed by atoms with Crippen LogP contribution in [-0.4, -0.2) is 66.8 Å². The van der Waals surface area contributed by atoms with Crippen LogP contribution in [0.2, 0.25) is 0 Å². The molecule has 0 spiro atoms. The van der Waals surface area contributed by atoms with Crippen molar-refractivity contribution in [3.63, 3.8) is 0 Å². The van der Waals surface area contributed by atoms with Crippen LogP contribution in [0, 0.1) is 0 Å². The molecule has 2 aromatic rings. The lowest BCUT2D eigenvalue weighted by Crippen LogP contribution is -2.63. The first-order valence-corrected chi connectivity index (χ1v) is 10.1. The van der Waals surface area contributed by atoms with E-state index >= 15 is 0 Å². The number of hydrogen-bond donors (Lipinski definition) is 2. The summed E-state index contributed by atoms with van der Waals surface area (Å²) in [6.45, 7) is 0.788. The Morgan fingerprint density at radius 2 is 1.50 bits per heavy atom.